The molecule has 0 aromatic carbocycles. The molecule has 0 spiro atoms. The normalized spacial score (nSPS) is 15.5. The lowest BCUT2D eigenvalue weighted by atomic mass is 10.2. The van der Waals surface area contributed by atoms with E-state index in [1.54, 1.807) is 18.2 Å². The molecule has 0 bridgehead atoms. The van der Waals surface area contributed by atoms with Gasteiger partial charge in [-0.1, -0.05) is 6.08 Å². The van der Waals surface area contributed by atoms with Crippen LogP contribution in [-0.2, 0) is 9.53 Å². The molecule has 0 saturated heterocycles. The van der Waals surface area contributed by atoms with E-state index in [0.29, 0.717) is 17.7 Å². The van der Waals surface area contributed by atoms with Gasteiger partial charge in [0, 0.05) is 5.57 Å². The summed E-state index contributed by atoms with van der Waals surface area (Å²) in [6, 6.07) is 0. The molecular weight excluding hydrogens is 170 g/mol. The van der Waals surface area contributed by atoms with Crippen LogP contribution in [-0.4, -0.2) is 13.1 Å². The average molecular weight is 179 g/mol. The molecule has 0 atom stereocenters. The first-order valence-electron chi connectivity index (χ1n) is 3.77. The van der Waals surface area contributed by atoms with Crippen LogP contribution < -0.4 is 0 Å². The minimum atomic E-state index is -0.381. The van der Waals surface area contributed by atoms with Crippen molar-refractivity contribution in [2.24, 2.45) is 5.18 Å². The SMILES string of the molecule is COC(=O)C1=CC=C(N=O)C=CC1. The van der Waals surface area contributed by atoms with Gasteiger partial charge in [-0.2, -0.15) is 0 Å². The van der Waals surface area contributed by atoms with Crippen LogP contribution in [0.4, 0.5) is 0 Å². The highest BCUT2D eigenvalue weighted by atomic mass is 16.5. The van der Waals surface area contributed by atoms with E-state index in [1.165, 1.54) is 13.2 Å². The zero-order chi connectivity index (χ0) is 9.68. The molecule has 0 aromatic rings. The van der Waals surface area contributed by atoms with Crippen LogP contribution >= 0.6 is 0 Å². The third kappa shape index (κ3) is 2.37. The molecule has 4 nitrogen and oxygen atoms in total. The van der Waals surface area contributed by atoms with Crippen LogP contribution in [0.25, 0.3) is 0 Å². The van der Waals surface area contributed by atoms with Crippen molar-refractivity contribution in [1.29, 1.82) is 0 Å². The molecule has 0 radical (unpaired) electrons. The van der Waals surface area contributed by atoms with Crippen molar-refractivity contribution in [2.75, 3.05) is 7.11 Å². The van der Waals surface area contributed by atoms with Gasteiger partial charge < -0.3 is 4.74 Å². The van der Waals surface area contributed by atoms with Gasteiger partial charge in [0.05, 0.1) is 7.11 Å². The molecule has 13 heavy (non-hydrogen) atoms. The molecule has 1 aliphatic carbocycles. The summed E-state index contributed by atoms with van der Waals surface area (Å²) in [5.41, 5.74) is 0.816. The van der Waals surface area contributed by atoms with E-state index in [-0.39, 0.29) is 5.97 Å². The summed E-state index contributed by atoms with van der Waals surface area (Å²) in [4.78, 5) is 21.2. The molecule has 1 aliphatic rings. The summed E-state index contributed by atoms with van der Waals surface area (Å²) in [6.45, 7) is 0. The third-order valence-corrected chi connectivity index (χ3v) is 1.63. The van der Waals surface area contributed by atoms with Gasteiger partial charge in [-0.3, -0.25) is 0 Å². The number of hydrogen-bond donors (Lipinski definition) is 0. The number of ether oxygens (including phenoxy) is 1. The Balaban J connectivity index is 2.86. The fraction of sp³-hybridized carbons (Fsp3) is 0.222. The Morgan fingerprint density at radius 1 is 1.54 bits per heavy atom. The van der Waals surface area contributed by atoms with E-state index in [1.807, 2.05) is 0 Å². The number of hydrogen-bond acceptors (Lipinski definition) is 4. The van der Waals surface area contributed by atoms with Gasteiger partial charge in [0.1, 0.15) is 5.70 Å². The second-order valence-corrected chi connectivity index (χ2v) is 2.47. The maximum absolute atomic E-state index is 11.1. The van der Waals surface area contributed by atoms with E-state index in [0.717, 1.165) is 0 Å². The number of carbonyl (C=O) groups is 1. The number of methoxy groups -OCH3 is 1. The molecular formula is C9H9NO3. The number of allylic oxidation sites excluding steroid dienone is 4. The Morgan fingerprint density at radius 3 is 2.92 bits per heavy atom. The molecule has 0 aliphatic heterocycles. The predicted octanol–water partition coefficient (Wildman–Crippen LogP) is 1.70. The first-order chi connectivity index (χ1) is 6.27. The maximum Gasteiger partial charge on any atom is 0.334 e. The van der Waals surface area contributed by atoms with E-state index < -0.39 is 0 Å². The van der Waals surface area contributed by atoms with Gasteiger partial charge in [-0.05, 0) is 29.8 Å². The predicted molar refractivity (Wildman–Crippen MR) is 47.7 cm³/mol. The fourth-order valence-electron chi connectivity index (χ4n) is 0.960. The largest absolute Gasteiger partial charge is 0.466 e. The summed E-state index contributed by atoms with van der Waals surface area (Å²) < 4.78 is 4.54. The van der Waals surface area contributed by atoms with Crippen molar-refractivity contribution >= 4 is 5.97 Å². The minimum Gasteiger partial charge on any atom is -0.466 e. The minimum absolute atomic E-state index is 0.305. The van der Waals surface area contributed by atoms with Crippen LogP contribution in [0.5, 0.6) is 0 Å². The summed E-state index contributed by atoms with van der Waals surface area (Å²) in [7, 11) is 1.32. The van der Waals surface area contributed by atoms with Crippen molar-refractivity contribution in [2.45, 2.75) is 6.42 Å². The lowest BCUT2D eigenvalue weighted by Gasteiger charge is -1.98. The number of nitroso groups, excluding NO2 is 1. The lowest BCUT2D eigenvalue weighted by Crippen LogP contribution is -2.03. The second-order valence-electron chi connectivity index (χ2n) is 2.47. The first-order valence-corrected chi connectivity index (χ1v) is 3.77. The molecule has 0 saturated carbocycles. The van der Waals surface area contributed by atoms with Crippen LogP contribution in [0, 0.1) is 4.91 Å². The maximum atomic E-state index is 11.1. The van der Waals surface area contributed by atoms with Crippen molar-refractivity contribution in [3.05, 3.63) is 40.5 Å². The zero-order valence-electron chi connectivity index (χ0n) is 7.19. The van der Waals surface area contributed by atoms with E-state index in [2.05, 4.69) is 9.91 Å². The monoisotopic (exact) mass is 179 g/mol. The van der Waals surface area contributed by atoms with Crippen molar-refractivity contribution in [3.63, 3.8) is 0 Å². The van der Waals surface area contributed by atoms with E-state index >= 15 is 0 Å². The van der Waals surface area contributed by atoms with Gasteiger partial charge in [-0.25, -0.2) is 4.79 Å². The smallest absolute Gasteiger partial charge is 0.334 e. The van der Waals surface area contributed by atoms with Gasteiger partial charge >= 0.3 is 5.97 Å². The van der Waals surface area contributed by atoms with E-state index in [9.17, 15) is 9.70 Å². The number of carbonyl (C=O) groups excluding carboxylic acids is 1. The first kappa shape index (κ1) is 9.38. The van der Waals surface area contributed by atoms with Gasteiger partial charge in [-0.15, -0.1) is 4.91 Å². The molecule has 4 heteroatoms. The van der Waals surface area contributed by atoms with Crippen molar-refractivity contribution in [3.8, 4) is 0 Å². The molecule has 0 heterocycles. The van der Waals surface area contributed by atoms with Crippen molar-refractivity contribution < 1.29 is 9.53 Å². The number of nitrogens with zero attached hydrogens (tertiary/aromatic N) is 1. The molecule has 0 fully saturated rings. The highest BCUT2D eigenvalue weighted by Gasteiger charge is 2.08. The van der Waals surface area contributed by atoms with Gasteiger partial charge in [0.15, 0.2) is 0 Å². The summed E-state index contributed by atoms with van der Waals surface area (Å²) in [5.74, 6) is -0.381. The zero-order valence-corrected chi connectivity index (χ0v) is 7.19. The Hall–Kier alpha value is -1.71. The quantitative estimate of drug-likeness (QED) is 0.478. The molecule has 1 rings (SSSR count). The van der Waals surface area contributed by atoms with Crippen molar-refractivity contribution in [1.82, 2.24) is 0 Å². The summed E-state index contributed by atoms with van der Waals surface area (Å²) in [6.07, 6.45) is 6.76. The molecule has 0 amide bonds. The molecule has 68 valence electrons. The van der Waals surface area contributed by atoms with E-state index in [4.69, 9.17) is 0 Å². The lowest BCUT2D eigenvalue weighted by molar-refractivity contribution is -0.136. The van der Waals surface area contributed by atoms with Crippen LogP contribution in [0.3, 0.4) is 0 Å². The van der Waals surface area contributed by atoms with Crippen LogP contribution in [0.15, 0.2) is 40.8 Å². The van der Waals surface area contributed by atoms with Gasteiger partial charge in [0.2, 0.25) is 0 Å². The Bertz CT molecular complexity index is 313. The molecule has 0 N–H and O–H groups in total. The number of esters is 1. The number of rotatable bonds is 2. The topological polar surface area (TPSA) is 55.7 Å². The standard InChI is InChI=1S/C9H9NO3/c1-13-9(11)7-3-2-4-8(10-12)6-5-7/h2,4-6H,3H2,1H3. The summed E-state index contributed by atoms with van der Waals surface area (Å²) in [5, 5.41) is 2.75. The highest BCUT2D eigenvalue weighted by Crippen LogP contribution is 2.12. The second kappa shape index (κ2) is 4.35. The van der Waals surface area contributed by atoms with Crippen LogP contribution in [0.2, 0.25) is 0 Å². The fourth-order valence-corrected chi connectivity index (χ4v) is 0.960. The Morgan fingerprint density at radius 2 is 2.31 bits per heavy atom. The Labute approximate surface area is 75.6 Å². The molecule has 0 unspecified atom stereocenters. The highest BCUT2D eigenvalue weighted by molar-refractivity contribution is 5.89. The van der Waals surface area contributed by atoms with Crippen LogP contribution in [0.1, 0.15) is 6.42 Å². The third-order valence-electron chi connectivity index (χ3n) is 1.63. The molecule has 0 aromatic heterocycles. The average Bonchev–Trinajstić information content (AvgIpc) is 2.41. The Kier molecular flexibility index (Phi) is 3.14. The summed E-state index contributed by atoms with van der Waals surface area (Å²) >= 11 is 0. The van der Waals surface area contributed by atoms with Gasteiger partial charge in [0.25, 0.3) is 0 Å².